The van der Waals surface area contributed by atoms with Gasteiger partial charge in [0, 0.05) is 10.9 Å². The Bertz CT molecular complexity index is 617. The Morgan fingerprint density at radius 3 is 2.26 bits per heavy atom. The van der Waals surface area contributed by atoms with Crippen LogP contribution < -0.4 is 0 Å². The predicted molar refractivity (Wildman–Crippen MR) is 66.7 cm³/mol. The van der Waals surface area contributed by atoms with Gasteiger partial charge in [0.05, 0.1) is 11.1 Å². The monoisotopic (exact) mass is 306 g/mol. The Morgan fingerprint density at radius 1 is 1.21 bits per heavy atom. The average Bonchev–Trinajstić information content (AvgIpc) is 2.70. The van der Waals surface area contributed by atoms with E-state index in [2.05, 4.69) is 0 Å². The van der Waals surface area contributed by atoms with E-state index in [0.717, 1.165) is 23.5 Å². The molecule has 0 unspecified atom stereocenters. The minimum absolute atomic E-state index is 0.0913. The minimum Gasteiger partial charge on any atom is -0.478 e. The summed E-state index contributed by atoms with van der Waals surface area (Å²) >= 11 is 6.78. The molecule has 0 bridgehead atoms. The van der Waals surface area contributed by atoms with Crippen molar-refractivity contribution in [3.63, 3.8) is 0 Å². The average molecular weight is 307 g/mol. The molecule has 0 amide bonds. The Kier molecular flexibility index (Phi) is 3.56. The number of aromatic carboxylic acids is 1. The molecule has 0 atom stereocenters. The molecule has 1 aromatic carbocycles. The van der Waals surface area contributed by atoms with Crippen molar-refractivity contribution in [1.29, 1.82) is 0 Å². The van der Waals surface area contributed by atoms with Crippen molar-refractivity contribution < 1.29 is 23.1 Å². The van der Waals surface area contributed by atoms with Gasteiger partial charge in [0.15, 0.2) is 0 Å². The highest BCUT2D eigenvalue weighted by Crippen LogP contribution is 2.36. The zero-order valence-electron chi connectivity index (χ0n) is 9.16. The SMILES string of the molecule is O=C(O)c1c(-c2ccc(C(F)(F)F)cc2)csc1Cl. The van der Waals surface area contributed by atoms with Crippen molar-refractivity contribution in [2.75, 3.05) is 0 Å². The number of alkyl halides is 3. The lowest BCUT2D eigenvalue weighted by atomic mass is 10.0. The van der Waals surface area contributed by atoms with Gasteiger partial charge in [-0.1, -0.05) is 23.7 Å². The number of halogens is 4. The fourth-order valence-corrected chi connectivity index (χ4v) is 2.69. The predicted octanol–water partition coefficient (Wildman–Crippen LogP) is 4.79. The van der Waals surface area contributed by atoms with Crippen LogP contribution in [0.4, 0.5) is 13.2 Å². The molecular weight excluding hydrogens is 301 g/mol. The van der Waals surface area contributed by atoms with Gasteiger partial charge in [0.2, 0.25) is 0 Å². The van der Waals surface area contributed by atoms with E-state index in [0.29, 0.717) is 11.1 Å². The quantitative estimate of drug-likeness (QED) is 0.866. The maximum atomic E-state index is 12.4. The molecule has 1 heterocycles. The summed E-state index contributed by atoms with van der Waals surface area (Å²) in [6.45, 7) is 0. The summed E-state index contributed by atoms with van der Waals surface area (Å²) < 4.78 is 37.4. The Hall–Kier alpha value is -1.53. The molecule has 0 radical (unpaired) electrons. The van der Waals surface area contributed by atoms with Crippen molar-refractivity contribution in [1.82, 2.24) is 0 Å². The smallest absolute Gasteiger partial charge is 0.416 e. The topological polar surface area (TPSA) is 37.3 Å². The maximum Gasteiger partial charge on any atom is 0.416 e. The summed E-state index contributed by atoms with van der Waals surface area (Å²) in [5.41, 5.74) is -0.175. The molecule has 2 rings (SSSR count). The molecule has 100 valence electrons. The van der Waals surface area contributed by atoms with Crippen molar-refractivity contribution in [3.05, 3.63) is 45.1 Å². The highest BCUT2D eigenvalue weighted by Gasteiger charge is 2.30. The molecule has 2 aromatic rings. The molecule has 0 fully saturated rings. The van der Waals surface area contributed by atoms with Crippen molar-refractivity contribution in [2.24, 2.45) is 0 Å². The van der Waals surface area contributed by atoms with E-state index in [1.165, 1.54) is 17.5 Å². The van der Waals surface area contributed by atoms with Crippen LogP contribution in [0, 0.1) is 0 Å². The summed E-state index contributed by atoms with van der Waals surface area (Å²) in [6, 6.07) is 4.28. The second-order valence-corrected chi connectivity index (χ2v) is 5.16. The molecule has 7 heteroatoms. The number of carboxylic acids is 1. The number of rotatable bonds is 2. The van der Waals surface area contributed by atoms with Crippen LogP contribution in [0.15, 0.2) is 29.6 Å². The maximum absolute atomic E-state index is 12.4. The summed E-state index contributed by atoms with van der Waals surface area (Å²) in [7, 11) is 0. The van der Waals surface area contributed by atoms with E-state index >= 15 is 0 Å². The van der Waals surface area contributed by atoms with Crippen LogP contribution in [0.2, 0.25) is 4.34 Å². The van der Waals surface area contributed by atoms with Gasteiger partial charge in [-0.3, -0.25) is 0 Å². The third-order valence-corrected chi connectivity index (χ3v) is 3.70. The number of carbonyl (C=O) groups is 1. The molecule has 0 saturated carbocycles. The Labute approximate surface area is 115 Å². The lowest BCUT2D eigenvalue weighted by Crippen LogP contribution is -2.04. The van der Waals surface area contributed by atoms with Gasteiger partial charge < -0.3 is 5.11 Å². The molecule has 19 heavy (non-hydrogen) atoms. The number of hydrogen-bond acceptors (Lipinski definition) is 2. The molecule has 0 spiro atoms. The summed E-state index contributed by atoms with van der Waals surface area (Å²) in [5.74, 6) is -1.21. The van der Waals surface area contributed by atoms with Gasteiger partial charge in [0.1, 0.15) is 4.34 Å². The number of benzene rings is 1. The van der Waals surface area contributed by atoms with Gasteiger partial charge in [-0.2, -0.15) is 13.2 Å². The van der Waals surface area contributed by atoms with E-state index < -0.39 is 17.7 Å². The molecule has 0 aliphatic heterocycles. The fraction of sp³-hybridized carbons (Fsp3) is 0.0833. The van der Waals surface area contributed by atoms with Crippen molar-refractivity contribution in [2.45, 2.75) is 6.18 Å². The normalized spacial score (nSPS) is 11.6. The van der Waals surface area contributed by atoms with E-state index in [4.69, 9.17) is 16.7 Å². The minimum atomic E-state index is -4.42. The Balaban J connectivity index is 2.46. The molecule has 0 aliphatic carbocycles. The van der Waals surface area contributed by atoms with Crippen LogP contribution >= 0.6 is 22.9 Å². The van der Waals surface area contributed by atoms with Gasteiger partial charge >= 0.3 is 12.1 Å². The summed E-state index contributed by atoms with van der Waals surface area (Å²) in [6.07, 6.45) is -4.42. The highest BCUT2D eigenvalue weighted by atomic mass is 35.5. The third-order valence-electron chi connectivity index (χ3n) is 2.48. The second-order valence-electron chi connectivity index (χ2n) is 3.68. The molecule has 2 nitrogen and oxygen atoms in total. The highest BCUT2D eigenvalue weighted by molar-refractivity contribution is 7.15. The van der Waals surface area contributed by atoms with Crippen LogP contribution in [-0.2, 0) is 6.18 Å². The first-order valence-corrected chi connectivity index (χ1v) is 6.24. The van der Waals surface area contributed by atoms with E-state index in [-0.39, 0.29) is 9.90 Å². The van der Waals surface area contributed by atoms with E-state index in [1.54, 1.807) is 0 Å². The lowest BCUT2D eigenvalue weighted by molar-refractivity contribution is -0.137. The Morgan fingerprint density at radius 2 is 1.79 bits per heavy atom. The van der Waals surface area contributed by atoms with Gasteiger partial charge in [-0.15, -0.1) is 11.3 Å². The van der Waals surface area contributed by atoms with Crippen molar-refractivity contribution >= 4 is 28.9 Å². The summed E-state index contributed by atoms with van der Waals surface area (Å²) in [4.78, 5) is 11.0. The van der Waals surface area contributed by atoms with Gasteiger partial charge in [0.25, 0.3) is 0 Å². The van der Waals surface area contributed by atoms with Gasteiger partial charge in [-0.25, -0.2) is 4.79 Å². The van der Waals surface area contributed by atoms with Crippen LogP contribution in [0.5, 0.6) is 0 Å². The summed E-state index contributed by atoms with van der Waals surface area (Å²) in [5, 5.41) is 10.5. The zero-order valence-corrected chi connectivity index (χ0v) is 10.7. The van der Waals surface area contributed by atoms with Gasteiger partial charge in [-0.05, 0) is 17.7 Å². The molecular formula is C12H6ClF3O2S. The van der Waals surface area contributed by atoms with Crippen LogP contribution in [-0.4, -0.2) is 11.1 Å². The molecule has 0 saturated heterocycles. The first kappa shape index (κ1) is 13.9. The largest absolute Gasteiger partial charge is 0.478 e. The first-order valence-electron chi connectivity index (χ1n) is 4.98. The third kappa shape index (κ3) is 2.74. The van der Waals surface area contributed by atoms with Crippen LogP contribution in [0.1, 0.15) is 15.9 Å². The first-order chi connectivity index (χ1) is 8.80. The zero-order chi connectivity index (χ0) is 14.2. The number of carboxylic acid groups (broad SMARTS) is 1. The number of hydrogen-bond donors (Lipinski definition) is 1. The van der Waals surface area contributed by atoms with Crippen LogP contribution in [0.25, 0.3) is 11.1 Å². The lowest BCUT2D eigenvalue weighted by Gasteiger charge is -2.07. The second kappa shape index (κ2) is 4.86. The van der Waals surface area contributed by atoms with E-state index in [9.17, 15) is 18.0 Å². The molecule has 1 N–H and O–H groups in total. The van der Waals surface area contributed by atoms with Crippen LogP contribution in [0.3, 0.4) is 0 Å². The number of thiophene rings is 1. The standard InChI is InChI=1S/C12H6ClF3O2S/c13-10-9(11(17)18)8(5-19-10)6-1-3-7(4-2-6)12(14,15)16/h1-5H,(H,17,18). The van der Waals surface area contributed by atoms with Crippen molar-refractivity contribution in [3.8, 4) is 11.1 Å². The fourth-order valence-electron chi connectivity index (χ4n) is 1.58. The molecule has 1 aromatic heterocycles. The molecule has 0 aliphatic rings. The van der Waals surface area contributed by atoms with E-state index in [1.807, 2.05) is 0 Å².